The number of hydrogen-bond donors (Lipinski definition) is 3. The fraction of sp³-hybridized carbons (Fsp3) is 0.412. The minimum Gasteiger partial charge on any atom is -0.508 e. The van der Waals surface area contributed by atoms with Gasteiger partial charge < -0.3 is 15.4 Å². The Morgan fingerprint density at radius 3 is 2.91 bits per heavy atom. The van der Waals surface area contributed by atoms with Crippen molar-refractivity contribution in [3.63, 3.8) is 0 Å². The molecule has 0 aliphatic rings. The summed E-state index contributed by atoms with van der Waals surface area (Å²) < 4.78 is 2.11. The molecule has 2 rings (SSSR count). The van der Waals surface area contributed by atoms with Crippen LogP contribution in [-0.2, 0) is 6.54 Å². The van der Waals surface area contributed by atoms with Gasteiger partial charge in [0.1, 0.15) is 5.75 Å². The average Bonchev–Trinajstić information content (AvgIpc) is 2.89. The van der Waals surface area contributed by atoms with Gasteiger partial charge in [0.2, 0.25) is 5.96 Å². The number of nitrogens with zero attached hydrogens (tertiary/aromatic N) is 3. The van der Waals surface area contributed by atoms with Crippen LogP contribution < -0.4 is 11.2 Å². The third kappa shape index (κ3) is 4.48. The lowest BCUT2D eigenvalue weighted by molar-refractivity contribution is 0.476. The summed E-state index contributed by atoms with van der Waals surface area (Å²) in [5, 5.41) is 14.8. The first-order chi connectivity index (χ1) is 11.2. The topological polar surface area (TPSA) is 87.9 Å². The number of benzene rings is 1. The Hall–Kier alpha value is -2.50. The number of aliphatic imine (C=N–C) groups is 1. The second-order valence-electron chi connectivity index (χ2n) is 5.42. The number of unbranched alkanes of at least 4 members (excludes halogenated alkanes) is 2. The van der Waals surface area contributed by atoms with E-state index in [1.165, 1.54) is 0 Å². The number of nitrogens with two attached hydrogens (primary N) is 1. The van der Waals surface area contributed by atoms with Gasteiger partial charge in [-0.15, -0.1) is 0 Å². The smallest absolute Gasteiger partial charge is 0.209 e. The van der Waals surface area contributed by atoms with Crippen LogP contribution in [0.1, 0.15) is 38.7 Å². The number of hydrazone groups is 1. The van der Waals surface area contributed by atoms with Gasteiger partial charge in [-0.2, -0.15) is 5.10 Å². The maximum absolute atomic E-state index is 9.68. The molecular formula is C17H25N5O. The highest BCUT2D eigenvalue weighted by Crippen LogP contribution is 2.24. The molecule has 6 heteroatoms. The molecule has 0 amide bonds. The number of nitrogens with one attached hydrogen (secondary N) is 1. The summed E-state index contributed by atoms with van der Waals surface area (Å²) in [6.07, 6.45) is 7.05. The quantitative estimate of drug-likeness (QED) is 0.318. The molecule has 0 aliphatic heterocycles. The van der Waals surface area contributed by atoms with E-state index in [-0.39, 0.29) is 5.75 Å². The van der Waals surface area contributed by atoms with Crippen LogP contribution >= 0.6 is 0 Å². The number of aromatic nitrogens is 1. The van der Waals surface area contributed by atoms with Crippen molar-refractivity contribution in [2.24, 2.45) is 15.8 Å². The fourth-order valence-corrected chi connectivity index (χ4v) is 2.44. The molecule has 0 bridgehead atoms. The van der Waals surface area contributed by atoms with Crippen molar-refractivity contribution in [1.29, 1.82) is 0 Å². The zero-order chi connectivity index (χ0) is 16.7. The second kappa shape index (κ2) is 8.22. The van der Waals surface area contributed by atoms with Crippen LogP contribution in [0.15, 0.2) is 34.5 Å². The molecule has 1 aromatic carbocycles. The van der Waals surface area contributed by atoms with E-state index in [0.29, 0.717) is 12.5 Å². The minimum absolute atomic E-state index is 0.242. The van der Waals surface area contributed by atoms with E-state index < -0.39 is 0 Å². The predicted octanol–water partition coefficient (Wildman–Crippen LogP) is 2.80. The summed E-state index contributed by atoms with van der Waals surface area (Å²) in [4.78, 5) is 4.22. The number of phenolic OH excluding ortho intramolecular Hbond substituents is 1. The SMILES string of the molecule is CCCCCN=C(N)NN=Cc1cn(CC)c2ccc(O)cc12. The van der Waals surface area contributed by atoms with E-state index in [1.807, 2.05) is 12.3 Å². The Morgan fingerprint density at radius 2 is 2.17 bits per heavy atom. The van der Waals surface area contributed by atoms with Crippen LogP contribution in [0.4, 0.5) is 0 Å². The average molecular weight is 315 g/mol. The first kappa shape index (κ1) is 16.9. The molecule has 6 nitrogen and oxygen atoms in total. The molecule has 0 spiro atoms. The number of fused-ring (bicyclic) bond motifs is 1. The molecule has 124 valence electrons. The Kier molecular flexibility index (Phi) is 6.02. The molecule has 4 N–H and O–H groups in total. The molecule has 0 aliphatic carbocycles. The first-order valence-electron chi connectivity index (χ1n) is 8.06. The van der Waals surface area contributed by atoms with E-state index in [1.54, 1.807) is 18.3 Å². The molecule has 0 fully saturated rings. The summed E-state index contributed by atoms with van der Waals surface area (Å²) >= 11 is 0. The zero-order valence-corrected chi connectivity index (χ0v) is 13.8. The molecule has 1 aromatic heterocycles. The van der Waals surface area contributed by atoms with Crippen LogP contribution in [-0.4, -0.2) is 28.4 Å². The summed E-state index contributed by atoms with van der Waals surface area (Å²) in [7, 11) is 0. The van der Waals surface area contributed by atoms with Gasteiger partial charge in [0.25, 0.3) is 0 Å². The van der Waals surface area contributed by atoms with Gasteiger partial charge in [0.05, 0.1) is 6.21 Å². The van der Waals surface area contributed by atoms with Crippen molar-refractivity contribution in [1.82, 2.24) is 9.99 Å². The van der Waals surface area contributed by atoms with Crippen molar-refractivity contribution < 1.29 is 5.11 Å². The van der Waals surface area contributed by atoms with Crippen molar-refractivity contribution in [3.8, 4) is 5.75 Å². The lowest BCUT2D eigenvalue weighted by atomic mass is 10.2. The molecule has 0 saturated carbocycles. The van der Waals surface area contributed by atoms with E-state index in [9.17, 15) is 5.11 Å². The second-order valence-corrected chi connectivity index (χ2v) is 5.42. The van der Waals surface area contributed by atoms with Gasteiger partial charge in [0, 0.05) is 35.8 Å². The van der Waals surface area contributed by atoms with Crippen LogP contribution in [0, 0.1) is 0 Å². The highest BCUT2D eigenvalue weighted by Gasteiger charge is 2.06. The van der Waals surface area contributed by atoms with Crippen LogP contribution in [0.3, 0.4) is 0 Å². The normalized spacial score (nSPS) is 12.3. The fourth-order valence-electron chi connectivity index (χ4n) is 2.44. The number of guanidine groups is 1. The van der Waals surface area contributed by atoms with Crippen LogP contribution in [0.2, 0.25) is 0 Å². The number of phenols is 1. The highest BCUT2D eigenvalue weighted by molar-refractivity contribution is 6.00. The molecule has 0 unspecified atom stereocenters. The maximum Gasteiger partial charge on any atom is 0.209 e. The molecule has 2 aromatic rings. The zero-order valence-electron chi connectivity index (χ0n) is 13.8. The monoisotopic (exact) mass is 315 g/mol. The number of aromatic hydroxyl groups is 1. The van der Waals surface area contributed by atoms with Gasteiger partial charge >= 0.3 is 0 Å². The van der Waals surface area contributed by atoms with E-state index in [2.05, 4.69) is 33.9 Å². The highest BCUT2D eigenvalue weighted by atomic mass is 16.3. The van der Waals surface area contributed by atoms with Crippen LogP contribution in [0.5, 0.6) is 5.75 Å². The van der Waals surface area contributed by atoms with E-state index >= 15 is 0 Å². The summed E-state index contributed by atoms with van der Waals surface area (Å²) in [6.45, 7) is 5.79. The van der Waals surface area contributed by atoms with Crippen molar-refractivity contribution in [2.45, 2.75) is 39.7 Å². The van der Waals surface area contributed by atoms with Crippen molar-refractivity contribution in [3.05, 3.63) is 30.0 Å². The van der Waals surface area contributed by atoms with Crippen LogP contribution in [0.25, 0.3) is 10.9 Å². The lowest BCUT2D eigenvalue weighted by Crippen LogP contribution is -2.27. The van der Waals surface area contributed by atoms with Crippen molar-refractivity contribution in [2.75, 3.05) is 6.54 Å². The summed E-state index contributed by atoms with van der Waals surface area (Å²) in [6, 6.07) is 5.34. The van der Waals surface area contributed by atoms with Gasteiger partial charge in [-0.05, 0) is 31.5 Å². The molecule has 0 radical (unpaired) electrons. The molecular weight excluding hydrogens is 290 g/mol. The van der Waals surface area contributed by atoms with Gasteiger partial charge in [0.15, 0.2) is 0 Å². The molecule has 1 heterocycles. The van der Waals surface area contributed by atoms with Gasteiger partial charge in [-0.25, -0.2) is 5.43 Å². The largest absolute Gasteiger partial charge is 0.508 e. The van der Waals surface area contributed by atoms with Crippen molar-refractivity contribution >= 4 is 23.1 Å². The summed E-state index contributed by atoms with van der Waals surface area (Å²) in [5.74, 6) is 0.561. The minimum atomic E-state index is 0.242. The van der Waals surface area contributed by atoms with E-state index in [4.69, 9.17) is 5.73 Å². The first-order valence-corrected chi connectivity index (χ1v) is 8.06. The van der Waals surface area contributed by atoms with Gasteiger partial charge in [-0.1, -0.05) is 19.8 Å². The van der Waals surface area contributed by atoms with E-state index in [0.717, 1.165) is 42.3 Å². The Labute approximate surface area is 136 Å². The Morgan fingerprint density at radius 1 is 1.35 bits per heavy atom. The molecule has 0 saturated heterocycles. The third-order valence-corrected chi connectivity index (χ3v) is 3.66. The number of rotatable bonds is 7. The number of aryl methyl sites for hydroxylation is 1. The third-order valence-electron chi connectivity index (χ3n) is 3.66. The van der Waals surface area contributed by atoms with Gasteiger partial charge in [-0.3, -0.25) is 4.99 Å². The summed E-state index contributed by atoms with van der Waals surface area (Å²) in [5.41, 5.74) is 10.5. The Balaban J connectivity index is 2.07. The maximum atomic E-state index is 9.68. The Bertz CT molecular complexity index is 702. The predicted molar refractivity (Wildman–Crippen MR) is 96.0 cm³/mol. The number of hydrogen-bond acceptors (Lipinski definition) is 3. The lowest BCUT2D eigenvalue weighted by Gasteiger charge is -1.99. The standard InChI is InChI=1S/C17H25N5O/c1-3-5-6-9-19-17(18)21-20-11-13-12-22(4-2)16-8-7-14(23)10-15(13)16/h7-8,10-12,23H,3-6,9H2,1-2H3,(H3,18,19,21). The molecule has 0 atom stereocenters. The molecule has 23 heavy (non-hydrogen) atoms.